The van der Waals surface area contributed by atoms with E-state index >= 15 is 0 Å². The van der Waals surface area contributed by atoms with Gasteiger partial charge in [-0.05, 0) is 30.9 Å². The minimum absolute atomic E-state index is 0.237. The molecule has 1 aromatic heterocycles. The maximum absolute atomic E-state index is 6.09. The Morgan fingerprint density at radius 3 is 3.14 bits per heavy atom. The van der Waals surface area contributed by atoms with Crippen LogP contribution < -0.4 is 5.73 Å². The summed E-state index contributed by atoms with van der Waals surface area (Å²) in [5, 5.41) is 1.32. The fourth-order valence-corrected chi connectivity index (χ4v) is 2.50. The van der Waals surface area contributed by atoms with Gasteiger partial charge in [0, 0.05) is 22.6 Å². The molecule has 3 N–H and O–H groups in total. The van der Waals surface area contributed by atoms with Gasteiger partial charge in [0.2, 0.25) is 0 Å². The van der Waals surface area contributed by atoms with E-state index < -0.39 is 0 Å². The lowest BCUT2D eigenvalue weighted by molar-refractivity contribution is 0.714. The molecule has 1 unspecified atom stereocenters. The first-order chi connectivity index (χ1) is 6.77. The smallest absolute Gasteiger partial charge is 0.0489 e. The predicted octanol–water partition coefficient (Wildman–Crippen LogP) is 2.42. The van der Waals surface area contributed by atoms with Gasteiger partial charge in [0.25, 0.3) is 0 Å². The van der Waals surface area contributed by atoms with Crippen LogP contribution in [0.3, 0.4) is 0 Å². The van der Waals surface area contributed by atoms with Crippen LogP contribution in [0.2, 0.25) is 0 Å². The van der Waals surface area contributed by atoms with Crippen molar-refractivity contribution in [1.82, 2.24) is 4.98 Å². The summed E-state index contributed by atoms with van der Waals surface area (Å²) in [7, 11) is 0. The fraction of sp³-hybridized carbons (Fsp3) is 0.333. The Morgan fingerprint density at radius 1 is 1.43 bits per heavy atom. The van der Waals surface area contributed by atoms with E-state index in [4.69, 9.17) is 5.73 Å². The summed E-state index contributed by atoms with van der Waals surface area (Å²) in [6.45, 7) is 2.14. The van der Waals surface area contributed by atoms with E-state index in [2.05, 4.69) is 30.1 Å². The molecule has 1 atom stereocenters. The summed E-state index contributed by atoms with van der Waals surface area (Å²) in [6.07, 6.45) is 2.19. The molecule has 72 valence electrons. The van der Waals surface area contributed by atoms with E-state index in [0.717, 1.165) is 12.8 Å². The maximum Gasteiger partial charge on any atom is 0.0489 e. The zero-order chi connectivity index (χ0) is 9.71. The number of para-hydroxylation sites is 1. The standard InChI is InChI=1S/C12H14N2/c1-7-3-2-4-8-11-9(13)5-6-10(11)14-12(7)8/h2-4,9,14H,5-6,13H2,1H3. The Labute approximate surface area is 83.1 Å². The normalized spacial score (nSPS) is 20.3. The molecular weight excluding hydrogens is 172 g/mol. The van der Waals surface area contributed by atoms with Gasteiger partial charge in [0.15, 0.2) is 0 Å². The Bertz CT molecular complexity index is 496. The van der Waals surface area contributed by atoms with Crippen LogP contribution in [0.4, 0.5) is 0 Å². The molecular formula is C12H14N2. The zero-order valence-electron chi connectivity index (χ0n) is 8.30. The quantitative estimate of drug-likeness (QED) is 0.652. The van der Waals surface area contributed by atoms with E-state index in [1.165, 1.54) is 27.7 Å². The number of hydrogen-bond donors (Lipinski definition) is 2. The molecule has 0 saturated carbocycles. The number of rotatable bonds is 0. The highest BCUT2D eigenvalue weighted by atomic mass is 14.8. The highest BCUT2D eigenvalue weighted by Gasteiger charge is 2.23. The van der Waals surface area contributed by atoms with Crippen molar-refractivity contribution in [1.29, 1.82) is 0 Å². The van der Waals surface area contributed by atoms with Gasteiger partial charge in [-0.1, -0.05) is 18.2 Å². The van der Waals surface area contributed by atoms with Crippen molar-refractivity contribution in [2.24, 2.45) is 5.73 Å². The van der Waals surface area contributed by atoms with E-state index in [-0.39, 0.29) is 6.04 Å². The van der Waals surface area contributed by atoms with Crippen LogP contribution in [0, 0.1) is 6.92 Å². The molecule has 1 aliphatic carbocycles. The Hall–Kier alpha value is -1.28. The first kappa shape index (κ1) is 8.06. The van der Waals surface area contributed by atoms with E-state index in [1.807, 2.05) is 0 Å². The molecule has 0 aliphatic heterocycles. The minimum Gasteiger partial charge on any atom is -0.358 e. The third-order valence-corrected chi connectivity index (χ3v) is 3.24. The molecule has 2 aromatic rings. The fourth-order valence-electron chi connectivity index (χ4n) is 2.50. The van der Waals surface area contributed by atoms with Crippen LogP contribution in [0.1, 0.15) is 29.3 Å². The monoisotopic (exact) mass is 186 g/mol. The number of nitrogens with two attached hydrogens (primary N) is 1. The number of hydrogen-bond acceptors (Lipinski definition) is 1. The molecule has 0 bridgehead atoms. The molecule has 1 heterocycles. The summed E-state index contributed by atoms with van der Waals surface area (Å²) < 4.78 is 0. The number of nitrogens with one attached hydrogen (secondary N) is 1. The average Bonchev–Trinajstić information content (AvgIpc) is 2.68. The second-order valence-corrected chi connectivity index (χ2v) is 4.16. The number of fused-ring (bicyclic) bond motifs is 3. The Morgan fingerprint density at radius 2 is 2.29 bits per heavy atom. The van der Waals surface area contributed by atoms with Gasteiger partial charge in [-0.2, -0.15) is 0 Å². The number of aromatic nitrogens is 1. The lowest BCUT2D eigenvalue weighted by atomic mass is 10.1. The molecule has 0 amide bonds. The lowest BCUT2D eigenvalue weighted by Crippen LogP contribution is -2.04. The molecule has 3 rings (SSSR count). The van der Waals surface area contributed by atoms with E-state index in [0.29, 0.717) is 0 Å². The molecule has 0 radical (unpaired) electrons. The molecule has 1 aliphatic rings. The van der Waals surface area contributed by atoms with Gasteiger partial charge in [0.1, 0.15) is 0 Å². The van der Waals surface area contributed by atoms with Crippen molar-refractivity contribution < 1.29 is 0 Å². The largest absolute Gasteiger partial charge is 0.358 e. The van der Waals surface area contributed by atoms with E-state index in [1.54, 1.807) is 0 Å². The van der Waals surface area contributed by atoms with Crippen LogP contribution in [0.15, 0.2) is 18.2 Å². The number of benzene rings is 1. The molecule has 0 saturated heterocycles. The summed E-state index contributed by atoms with van der Waals surface area (Å²) in [4.78, 5) is 3.49. The molecule has 1 aromatic carbocycles. The van der Waals surface area contributed by atoms with Gasteiger partial charge in [-0.15, -0.1) is 0 Å². The lowest BCUT2D eigenvalue weighted by Gasteiger charge is -2.03. The number of H-pyrrole nitrogens is 1. The third kappa shape index (κ3) is 0.891. The Kier molecular flexibility index (Phi) is 1.50. The highest BCUT2D eigenvalue weighted by molar-refractivity contribution is 5.88. The predicted molar refractivity (Wildman–Crippen MR) is 58.3 cm³/mol. The number of aryl methyl sites for hydroxylation is 2. The second kappa shape index (κ2) is 2.61. The van der Waals surface area contributed by atoms with Crippen LogP contribution >= 0.6 is 0 Å². The van der Waals surface area contributed by atoms with Gasteiger partial charge in [0.05, 0.1) is 0 Å². The van der Waals surface area contributed by atoms with Gasteiger partial charge < -0.3 is 10.7 Å². The van der Waals surface area contributed by atoms with Crippen LogP contribution in [0.5, 0.6) is 0 Å². The SMILES string of the molecule is Cc1cccc2c3c([nH]c12)CCC3N. The molecule has 14 heavy (non-hydrogen) atoms. The second-order valence-electron chi connectivity index (χ2n) is 4.16. The number of aromatic amines is 1. The molecule has 0 spiro atoms. The first-order valence-corrected chi connectivity index (χ1v) is 5.13. The van der Waals surface area contributed by atoms with Gasteiger partial charge in [-0.3, -0.25) is 0 Å². The van der Waals surface area contributed by atoms with Crippen LogP contribution in [-0.4, -0.2) is 4.98 Å². The molecule has 2 heteroatoms. The summed E-state index contributed by atoms with van der Waals surface area (Å²) >= 11 is 0. The van der Waals surface area contributed by atoms with Crippen molar-refractivity contribution in [2.75, 3.05) is 0 Å². The Balaban J connectivity index is 2.41. The van der Waals surface area contributed by atoms with E-state index in [9.17, 15) is 0 Å². The van der Waals surface area contributed by atoms with Crippen LogP contribution in [0.25, 0.3) is 10.9 Å². The van der Waals surface area contributed by atoms with Crippen molar-refractivity contribution in [2.45, 2.75) is 25.8 Å². The van der Waals surface area contributed by atoms with Crippen LogP contribution in [-0.2, 0) is 6.42 Å². The molecule has 2 nitrogen and oxygen atoms in total. The maximum atomic E-state index is 6.09. The first-order valence-electron chi connectivity index (χ1n) is 5.13. The zero-order valence-corrected chi connectivity index (χ0v) is 8.30. The van der Waals surface area contributed by atoms with Crippen molar-refractivity contribution in [3.63, 3.8) is 0 Å². The van der Waals surface area contributed by atoms with Gasteiger partial charge >= 0.3 is 0 Å². The van der Waals surface area contributed by atoms with Crippen molar-refractivity contribution >= 4 is 10.9 Å². The highest BCUT2D eigenvalue weighted by Crippen LogP contribution is 2.36. The summed E-state index contributed by atoms with van der Waals surface area (Å²) in [6, 6.07) is 6.65. The average molecular weight is 186 g/mol. The summed E-state index contributed by atoms with van der Waals surface area (Å²) in [5.41, 5.74) is 11.4. The third-order valence-electron chi connectivity index (χ3n) is 3.24. The summed E-state index contributed by atoms with van der Waals surface area (Å²) in [5.74, 6) is 0. The van der Waals surface area contributed by atoms with Crippen molar-refractivity contribution in [3.8, 4) is 0 Å². The molecule has 0 fully saturated rings. The minimum atomic E-state index is 0.237. The van der Waals surface area contributed by atoms with Crippen molar-refractivity contribution in [3.05, 3.63) is 35.0 Å². The van der Waals surface area contributed by atoms with Gasteiger partial charge in [-0.25, -0.2) is 0 Å². The topological polar surface area (TPSA) is 41.8 Å².